The Kier molecular flexibility index (Phi) is 3.87. The molecule has 4 nitrogen and oxygen atoms in total. The van der Waals surface area contributed by atoms with Crippen molar-refractivity contribution in [3.05, 3.63) is 30.1 Å². The smallest absolute Gasteiger partial charge is 0.146 e. The Bertz CT molecular complexity index is 511. The van der Waals surface area contributed by atoms with E-state index in [9.17, 15) is 0 Å². The van der Waals surface area contributed by atoms with Crippen molar-refractivity contribution in [3.8, 4) is 17.1 Å². The second-order valence-corrected chi connectivity index (χ2v) is 4.28. The summed E-state index contributed by atoms with van der Waals surface area (Å²) in [6, 6.07) is 6.28. The van der Waals surface area contributed by atoms with Crippen LogP contribution in [0.5, 0.6) is 5.75 Å². The van der Waals surface area contributed by atoms with Crippen molar-refractivity contribution in [3.63, 3.8) is 0 Å². The molecule has 0 saturated heterocycles. The van der Waals surface area contributed by atoms with E-state index in [-0.39, 0.29) is 0 Å². The van der Waals surface area contributed by atoms with Crippen molar-refractivity contribution in [2.75, 3.05) is 7.11 Å². The van der Waals surface area contributed by atoms with Crippen LogP contribution in [0, 0.1) is 0 Å². The maximum atomic E-state index is 5.35. The number of hydrogen-bond acceptors (Lipinski definition) is 2. The van der Waals surface area contributed by atoms with Gasteiger partial charge in [-0.1, -0.05) is 6.92 Å². The number of H-pyrrole nitrogens is 2. The molecule has 1 unspecified atom stereocenters. The van der Waals surface area contributed by atoms with Crippen LogP contribution in [0.25, 0.3) is 11.4 Å². The summed E-state index contributed by atoms with van der Waals surface area (Å²) < 4.78 is 5.35. The van der Waals surface area contributed by atoms with Crippen LogP contribution in [0.4, 0.5) is 0 Å². The van der Waals surface area contributed by atoms with Gasteiger partial charge in [-0.25, -0.2) is 0 Å². The fourth-order valence-corrected chi connectivity index (χ4v) is 1.67. The molecule has 0 fully saturated rings. The van der Waals surface area contributed by atoms with Gasteiger partial charge in [0.05, 0.1) is 24.2 Å². The van der Waals surface area contributed by atoms with Gasteiger partial charge in [0.25, 0.3) is 0 Å². The molecule has 0 spiro atoms. The number of aliphatic imine (C=N–C) groups is 1. The summed E-state index contributed by atoms with van der Waals surface area (Å²) in [6.45, 7) is 4.22. The van der Waals surface area contributed by atoms with Crippen molar-refractivity contribution >= 4 is 6.21 Å². The van der Waals surface area contributed by atoms with E-state index in [1.165, 1.54) is 0 Å². The Morgan fingerprint density at radius 1 is 1.44 bits per heavy atom. The highest BCUT2D eigenvalue weighted by molar-refractivity contribution is 5.83. The minimum atomic E-state index is 0.326. The molecule has 0 aliphatic rings. The fraction of sp³-hybridized carbons (Fsp3) is 0.357. The molecule has 0 radical (unpaired) electrons. The summed E-state index contributed by atoms with van der Waals surface area (Å²) in [5.41, 5.74) is 2.95. The second kappa shape index (κ2) is 5.58. The first-order valence-corrected chi connectivity index (χ1v) is 6.18. The van der Waals surface area contributed by atoms with Crippen LogP contribution in [0.15, 0.2) is 29.4 Å². The molecular formula is C14H19N3O. The molecule has 2 rings (SSSR count). The molecular weight excluding hydrogens is 226 g/mol. The van der Waals surface area contributed by atoms with Gasteiger partial charge in [-0.05, 0) is 25.5 Å². The molecule has 0 amide bonds. The molecule has 2 aromatic heterocycles. The van der Waals surface area contributed by atoms with Crippen LogP contribution >= 0.6 is 0 Å². The zero-order chi connectivity index (χ0) is 13.0. The minimum Gasteiger partial charge on any atom is -0.494 e. The predicted octanol–water partition coefficient (Wildman–Crippen LogP) is 3.24. The summed E-state index contributed by atoms with van der Waals surface area (Å²) in [6.07, 6.45) is 4.78. The van der Waals surface area contributed by atoms with E-state index in [2.05, 4.69) is 28.8 Å². The summed E-state index contributed by atoms with van der Waals surface area (Å²) in [7, 11) is 1.67. The van der Waals surface area contributed by atoms with Gasteiger partial charge in [0.1, 0.15) is 5.75 Å². The third-order valence-electron chi connectivity index (χ3n) is 2.97. The van der Waals surface area contributed by atoms with Crippen molar-refractivity contribution in [2.24, 2.45) is 4.99 Å². The van der Waals surface area contributed by atoms with Crippen molar-refractivity contribution in [1.29, 1.82) is 0 Å². The SMILES string of the molecule is CCC(C)N=Cc1[nH]c(-c2ccc[nH]2)cc1OC. The Morgan fingerprint density at radius 3 is 2.89 bits per heavy atom. The number of ether oxygens (including phenoxy) is 1. The lowest BCUT2D eigenvalue weighted by atomic mass is 10.3. The van der Waals surface area contributed by atoms with Gasteiger partial charge in [0, 0.05) is 24.5 Å². The van der Waals surface area contributed by atoms with Crippen molar-refractivity contribution in [1.82, 2.24) is 9.97 Å². The summed E-state index contributed by atoms with van der Waals surface area (Å²) in [4.78, 5) is 10.9. The Hall–Kier alpha value is -1.97. The third-order valence-corrected chi connectivity index (χ3v) is 2.97. The Balaban J connectivity index is 2.27. The highest BCUT2D eigenvalue weighted by atomic mass is 16.5. The number of aromatic amines is 2. The highest BCUT2D eigenvalue weighted by Gasteiger charge is 2.09. The number of rotatable bonds is 5. The summed E-state index contributed by atoms with van der Waals surface area (Å²) >= 11 is 0. The zero-order valence-corrected chi connectivity index (χ0v) is 11.0. The van der Waals surface area contributed by atoms with E-state index in [0.717, 1.165) is 29.3 Å². The number of nitrogens with zero attached hydrogens (tertiary/aromatic N) is 1. The Labute approximate surface area is 107 Å². The maximum absolute atomic E-state index is 5.35. The number of hydrogen-bond donors (Lipinski definition) is 2. The third kappa shape index (κ3) is 2.64. The monoisotopic (exact) mass is 245 g/mol. The van der Waals surface area contributed by atoms with Gasteiger partial charge < -0.3 is 14.7 Å². The van der Waals surface area contributed by atoms with Crippen molar-refractivity contribution in [2.45, 2.75) is 26.3 Å². The average Bonchev–Trinajstić information content (AvgIpc) is 3.03. The van der Waals surface area contributed by atoms with Crippen LogP contribution in [0.3, 0.4) is 0 Å². The first-order valence-electron chi connectivity index (χ1n) is 6.18. The van der Waals surface area contributed by atoms with Crippen LogP contribution in [0.1, 0.15) is 26.0 Å². The predicted molar refractivity (Wildman–Crippen MR) is 74.5 cm³/mol. The highest BCUT2D eigenvalue weighted by Crippen LogP contribution is 2.25. The summed E-state index contributed by atoms with van der Waals surface area (Å²) in [5, 5.41) is 0. The average molecular weight is 245 g/mol. The molecule has 96 valence electrons. The van der Waals surface area contributed by atoms with E-state index in [1.807, 2.05) is 30.6 Å². The van der Waals surface area contributed by atoms with E-state index in [1.54, 1.807) is 7.11 Å². The molecule has 2 aromatic rings. The molecule has 2 heterocycles. The fourth-order valence-electron chi connectivity index (χ4n) is 1.67. The first kappa shape index (κ1) is 12.5. The normalized spacial score (nSPS) is 13.1. The number of methoxy groups -OCH3 is 1. The van der Waals surface area contributed by atoms with Crippen LogP contribution in [0.2, 0.25) is 0 Å². The van der Waals surface area contributed by atoms with Gasteiger partial charge in [0.15, 0.2) is 0 Å². The van der Waals surface area contributed by atoms with Gasteiger partial charge in [-0.3, -0.25) is 4.99 Å². The topological polar surface area (TPSA) is 53.2 Å². The van der Waals surface area contributed by atoms with E-state index >= 15 is 0 Å². The molecule has 18 heavy (non-hydrogen) atoms. The molecule has 2 N–H and O–H groups in total. The van der Waals surface area contributed by atoms with Crippen LogP contribution in [-0.4, -0.2) is 29.3 Å². The van der Waals surface area contributed by atoms with E-state index in [0.29, 0.717) is 6.04 Å². The lowest BCUT2D eigenvalue weighted by Crippen LogP contribution is -1.96. The molecule has 0 aliphatic carbocycles. The van der Waals surface area contributed by atoms with Crippen LogP contribution < -0.4 is 4.74 Å². The standard InChI is InChI=1S/C14H19N3O/c1-4-10(2)16-9-13-14(18-3)8-12(17-13)11-6-5-7-15-11/h5-10,15,17H,4H2,1-3H3. The molecule has 0 aromatic carbocycles. The molecule has 0 aliphatic heterocycles. The molecule has 0 saturated carbocycles. The van der Waals surface area contributed by atoms with Crippen LogP contribution in [-0.2, 0) is 0 Å². The second-order valence-electron chi connectivity index (χ2n) is 4.28. The van der Waals surface area contributed by atoms with Gasteiger partial charge in [0.2, 0.25) is 0 Å². The zero-order valence-electron chi connectivity index (χ0n) is 11.0. The minimum absolute atomic E-state index is 0.326. The number of aromatic nitrogens is 2. The van der Waals surface area contributed by atoms with Crippen molar-refractivity contribution < 1.29 is 4.74 Å². The largest absolute Gasteiger partial charge is 0.494 e. The van der Waals surface area contributed by atoms with E-state index < -0.39 is 0 Å². The first-order chi connectivity index (χ1) is 8.74. The van der Waals surface area contributed by atoms with Gasteiger partial charge in [-0.2, -0.15) is 0 Å². The lowest BCUT2D eigenvalue weighted by molar-refractivity contribution is 0.415. The molecule has 0 bridgehead atoms. The lowest BCUT2D eigenvalue weighted by Gasteiger charge is -2.00. The van der Waals surface area contributed by atoms with Gasteiger partial charge in [-0.15, -0.1) is 0 Å². The molecule has 1 atom stereocenters. The Morgan fingerprint density at radius 2 is 2.28 bits per heavy atom. The maximum Gasteiger partial charge on any atom is 0.146 e. The van der Waals surface area contributed by atoms with E-state index in [4.69, 9.17) is 4.74 Å². The summed E-state index contributed by atoms with van der Waals surface area (Å²) in [5.74, 6) is 0.812. The quantitative estimate of drug-likeness (QED) is 0.781. The molecule has 4 heteroatoms. The van der Waals surface area contributed by atoms with Gasteiger partial charge >= 0.3 is 0 Å². The number of nitrogens with one attached hydrogen (secondary N) is 2.